The minimum Gasteiger partial charge on any atom is -0.438 e. The van der Waals surface area contributed by atoms with E-state index in [1.165, 1.54) is 28.6 Å². The molecule has 0 aliphatic carbocycles. The minimum absolute atomic E-state index is 0.123. The third kappa shape index (κ3) is 3.94. The number of ether oxygens (including phenoxy) is 1. The first-order valence-corrected chi connectivity index (χ1v) is 9.50. The van der Waals surface area contributed by atoms with Crippen molar-refractivity contribution in [2.45, 2.75) is 23.9 Å². The predicted molar refractivity (Wildman–Crippen MR) is 88.8 cm³/mol. The summed E-state index contributed by atoms with van der Waals surface area (Å²) >= 11 is 5.79. The van der Waals surface area contributed by atoms with Gasteiger partial charge in [-0.2, -0.15) is 17.5 Å². The highest BCUT2D eigenvalue weighted by Crippen LogP contribution is 2.35. The molecule has 1 aromatic heterocycles. The third-order valence-electron chi connectivity index (χ3n) is 3.88. The molecule has 0 amide bonds. The molecule has 1 aliphatic heterocycles. The maximum atomic E-state index is 12.6. The molecular weight excluding hydrogens is 393 g/mol. The van der Waals surface area contributed by atoms with Gasteiger partial charge in [-0.1, -0.05) is 11.6 Å². The summed E-state index contributed by atoms with van der Waals surface area (Å²) in [6.45, 7) is 0.983. The van der Waals surface area contributed by atoms with Crippen molar-refractivity contribution in [3.63, 3.8) is 0 Å². The molecule has 1 fully saturated rings. The fourth-order valence-corrected chi connectivity index (χ4v) is 4.25. The van der Waals surface area contributed by atoms with Gasteiger partial charge in [-0.25, -0.2) is 13.4 Å². The zero-order valence-corrected chi connectivity index (χ0v) is 14.9. The van der Waals surface area contributed by atoms with E-state index in [2.05, 4.69) is 4.98 Å². The van der Waals surface area contributed by atoms with E-state index in [9.17, 15) is 21.6 Å². The normalized spacial score (nSPS) is 16.0. The highest BCUT2D eigenvalue weighted by Gasteiger charge is 2.32. The summed E-state index contributed by atoms with van der Waals surface area (Å²) < 4.78 is 69.5. The Morgan fingerprint density at radius 2 is 1.73 bits per heavy atom. The Hall–Kier alpha value is -1.84. The average Bonchev–Trinajstić information content (AvgIpc) is 3.11. The Balaban J connectivity index is 1.78. The van der Waals surface area contributed by atoms with Crippen LogP contribution in [0.5, 0.6) is 11.6 Å². The van der Waals surface area contributed by atoms with Crippen LogP contribution < -0.4 is 4.74 Å². The van der Waals surface area contributed by atoms with Gasteiger partial charge >= 0.3 is 6.18 Å². The molecule has 3 rings (SSSR count). The van der Waals surface area contributed by atoms with Gasteiger partial charge in [0.1, 0.15) is 10.8 Å². The molecule has 0 saturated carbocycles. The summed E-state index contributed by atoms with van der Waals surface area (Å²) in [5.41, 5.74) is -0.984. The van der Waals surface area contributed by atoms with Crippen LogP contribution in [0.1, 0.15) is 18.4 Å². The lowest BCUT2D eigenvalue weighted by molar-refractivity contribution is -0.137. The van der Waals surface area contributed by atoms with Gasteiger partial charge in [0.15, 0.2) is 0 Å². The molecule has 2 aromatic rings. The van der Waals surface area contributed by atoms with Crippen molar-refractivity contribution in [1.82, 2.24) is 9.29 Å². The van der Waals surface area contributed by atoms with E-state index in [0.29, 0.717) is 19.3 Å². The van der Waals surface area contributed by atoms with Gasteiger partial charge < -0.3 is 4.74 Å². The van der Waals surface area contributed by atoms with Gasteiger partial charge in [-0.15, -0.1) is 0 Å². The first kappa shape index (κ1) is 18.9. The molecule has 0 unspecified atom stereocenters. The molecule has 0 bridgehead atoms. The monoisotopic (exact) mass is 406 g/mol. The van der Waals surface area contributed by atoms with E-state index in [1.807, 2.05) is 0 Å². The molecule has 26 heavy (non-hydrogen) atoms. The summed E-state index contributed by atoms with van der Waals surface area (Å²) in [6, 6.07) is 6.27. The van der Waals surface area contributed by atoms with Crippen molar-refractivity contribution in [2.24, 2.45) is 0 Å². The fraction of sp³-hybridized carbons (Fsp3) is 0.312. The van der Waals surface area contributed by atoms with Crippen molar-refractivity contribution >= 4 is 21.6 Å². The lowest BCUT2D eigenvalue weighted by Gasteiger charge is -2.15. The number of hydrogen-bond acceptors (Lipinski definition) is 4. The molecule has 0 atom stereocenters. The number of halogens is 4. The largest absolute Gasteiger partial charge is 0.438 e. The number of sulfonamides is 1. The van der Waals surface area contributed by atoms with Crippen LogP contribution in [0.15, 0.2) is 41.4 Å². The Kier molecular flexibility index (Phi) is 5.14. The first-order valence-electron chi connectivity index (χ1n) is 7.69. The van der Waals surface area contributed by atoms with E-state index in [4.69, 9.17) is 16.3 Å². The van der Waals surface area contributed by atoms with Crippen LogP contribution in [0, 0.1) is 0 Å². The molecule has 10 heteroatoms. The van der Waals surface area contributed by atoms with Crippen LogP contribution in [0.2, 0.25) is 5.02 Å². The molecule has 0 N–H and O–H groups in total. The number of alkyl halides is 3. The van der Waals surface area contributed by atoms with Gasteiger partial charge in [-0.3, -0.25) is 0 Å². The Labute approximate surface area is 153 Å². The summed E-state index contributed by atoms with van der Waals surface area (Å²) in [5.74, 6) is 0.00865. The van der Waals surface area contributed by atoms with Crippen LogP contribution in [0.4, 0.5) is 13.2 Å². The lowest BCUT2D eigenvalue weighted by Crippen LogP contribution is -2.27. The lowest BCUT2D eigenvalue weighted by atomic mass is 10.3. The summed E-state index contributed by atoms with van der Waals surface area (Å²) in [7, 11) is -3.55. The topological polar surface area (TPSA) is 59.5 Å². The second-order valence-electron chi connectivity index (χ2n) is 5.69. The number of nitrogens with zero attached hydrogens (tertiary/aromatic N) is 2. The van der Waals surface area contributed by atoms with E-state index in [1.54, 1.807) is 0 Å². The number of pyridine rings is 1. The summed E-state index contributed by atoms with van der Waals surface area (Å²) in [6.07, 6.45) is -2.27. The molecule has 2 heterocycles. The highest BCUT2D eigenvalue weighted by molar-refractivity contribution is 7.89. The molecule has 140 valence electrons. The highest BCUT2D eigenvalue weighted by atomic mass is 35.5. The van der Waals surface area contributed by atoms with E-state index < -0.39 is 21.8 Å². The van der Waals surface area contributed by atoms with Crippen LogP contribution in [0.25, 0.3) is 0 Å². The second-order valence-corrected chi connectivity index (χ2v) is 8.04. The van der Waals surface area contributed by atoms with Crippen LogP contribution >= 0.6 is 11.6 Å². The molecule has 1 aliphatic rings. The molecule has 5 nitrogen and oxygen atoms in total. The summed E-state index contributed by atoms with van der Waals surface area (Å²) in [5, 5.41) is -0.298. The predicted octanol–water partition coefficient (Wildman–Crippen LogP) is 4.33. The van der Waals surface area contributed by atoms with Gasteiger partial charge in [0.05, 0.1) is 10.5 Å². The SMILES string of the molecule is O=S(=O)(c1ccc(Oc2ncc(C(F)(F)F)cc2Cl)cc1)N1CCCC1. The number of benzene rings is 1. The number of aromatic nitrogens is 1. The van der Waals surface area contributed by atoms with E-state index in [-0.39, 0.29) is 21.5 Å². The van der Waals surface area contributed by atoms with Crippen molar-refractivity contribution < 1.29 is 26.3 Å². The smallest absolute Gasteiger partial charge is 0.417 e. The Morgan fingerprint density at radius 3 is 2.27 bits per heavy atom. The fourth-order valence-electron chi connectivity index (χ4n) is 2.52. The Morgan fingerprint density at radius 1 is 1.12 bits per heavy atom. The second kappa shape index (κ2) is 7.05. The van der Waals surface area contributed by atoms with Crippen LogP contribution in [-0.4, -0.2) is 30.8 Å². The average molecular weight is 407 g/mol. The molecule has 0 radical (unpaired) electrons. The third-order valence-corrected chi connectivity index (χ3v) is 6.06. The maximum absolute atomic E-state index is 12.6. The van der Waals surface area contributed by atoms with Gasteiger partial charge in [0.2, 0.25) is 15.9 Å². The molecule has 1 saturated heterocycles. The summed E-state index contributed by atoms with van der Waals surface area (Å²) in [4.78, 5) is 3.70. The zero-order chi connectivity index (χ0) is 18.9. The van der Waals surface area contributed by atoms with Gasteiger partial charge in [0, 0.05) is 19.3 Å². The quantitative estimate of drug-likeness (QED) is 0.758. The van der Waals surface area contributed by atoms with Crippen LogP contribution in [-0.2, 0) is 16.2 Å². The molecule has 0 spiro atoms. The molecular formula is C16H14ClF3N2O3S. The number of rotatable bonds is 4. The number of hydrogen-bond donors (Lipinski definition) is 0. The van der Waals surface area contributed by atoms with Gasteiger partial charge in [-0.05, 0) is 43.2 Å². The molecule has 1 aromatic carbocycles. The van der Waals surface area contributed by atoms with Crippen molar-refractivity contribution in [2.75, 3.05) is 13.1 Å². The first-order chi connectivity index (χ1) is 12.2. The zero-order valence-electron chi connectivity index (χ0n) is 13.3. The van der Waals surface area contributed by atoms with Crippen molar-refractivity contribution in [1.29, 1.82) is 0 Å². The van der Waals surface area contributed by atoms with E-state index >= 15 is 0 Å². The Bertz CT molecular complexity index is 896. The standard InChI is InChI=1S/C16H14ClF3N2O3S/c17-14-9-11(16(18,19)20)10-21-15(14)25-12-3-5-13(6-4-12)26(23,24)22-7-1-2-8-22/h3-6,9-10H,1-2,7-8H2. The van der Waals surface area contributed by atoms with Crippen LogP contribution in [0.3, 0.4) is 0 Å². The van der Waals surface area contributed by atoms with E-state index in [0.717, 1.165) is 18.9 Å². The van der Waals surface area contributed by atoms with Crippen molar-refractivity contribution in [3.8, 4) is 11.6 Å². The maximum Gasteiger partial charge on any atom is 0.417 e. The minimum atomic E-state index is -4.55. The van der Waals surface area contributed by atoms with Crippen molar-refractivity contribution in [3.05, 3.63) is 47.1 Å². The van der Waals surface area contributed by atoms with Gasteiger partial charge in [0.25, 0.3) is 0 Å².